The summed E-state index contributed by atoms with van der Waals surface area (Å²) >= 11 is 11.7. The molecule has 3 amide bonds. The molecule has 1 aliphatic rings. The van der Waals surface area contributed by atoms with E-state index in [1.807, 2.05) is 0 Å². The molecule has 2 rings (SSSR count). The minimum absolute atomic E-state index is 0.150. The molecule has 1 aliphatic heterocycles. The molecule has 0 aromatic heterocycles. The van der Waals surface area contributed by atoms with E-state index in [9.17, 15) is 14.4 Å². The fourth-order valence-electron chi connectivity index (χ4n) is 1.73. The van der Waals surface area contributed by atoms with Gasteiger partial charge in [-0.1, -0.05) is 23.2 Å². The summed E-state index contributed by atoms with van der Waals surface area (Å²) < 4.78 is 0. The van der Waals surface area contributed by atoms with Crippen molar-refractivity contribution in [1.29, 1.82) is 0 Å². The van der Waals surface area contributed by atoms with Gasteiger partial charge in [-0.15, -0.1) is 0 Å². The van der Waals surface area contributed by atoms with Crippen molar-refractivity contribution in [2.24, 2.45) is 0 Å². The first-order chi connectivity index (χ1) is 8.90. The van der Waals surface area contributed by atoms with Crippen LogP contribution in [0, 0.1) is 0 Å². The highest BCUT2D eigenvalue weighted by molar-refractivity contribution is 6.37. The molecule has 1 saturated heterocycles. The van der Waals surface area contributed by atoms with Crippen LogP contribution in [0.2, 0.25) is 10.0 Å². The zero-order valence-electron chi connectivity index (χ0n) is 9.47. The van der Waals surface area contributed by atoms with Gasteiger partial charge >= 0.3 is 12.0 Å². The fourth-order valence-corrected chi connectivity index (χ4v) is 2.10. The second kappa shape index (κ2) is 5.07. The number of carbonyl (C=O) groups is 3. The van der Waals surface area contributed by atoms with Crippen LogP contribution in [0.5, 0.6) is 0 Å². The van der Waals surface area contributed by atoms with Gasteiger partial charge in [0.2, 0.25) is 0 Å². The standard InChI is InChI=1S/C11H8Cl2N2O4/c12-6-1-2-7(13)8(3-6)15-9(16)4-14(11(15)19)5-10(17)18/h1-3H,4-5H2,(H,17,18). The number of rotatable bonds is 3. The third-order valence-corrected chi connectivity index (χ3v) is 3.07. The van der Waals surface area contributed by atoms with E-state index in [0.29, 0.717) is 5.02 Å². The third kappa shape index (κ3) is 2.64. The Bertz CT molecular complexity index is 576. The Hall–Kier alpha value is -1.79. The predicted octanol–water partition coefficient (Wildman–Crippen LogP) is 1.85. The van der Waals surface area contributed by atoms with Gasteiger partial charge in [-0.3, -0.25) is 9.59 Å². The number of amides is 3. The summed E-state index contributed by atoms with van der Waals surface area (Å²) in [5.41, 5.74) is 0.150. The number of benzene rings is 1. The van der Waals surface area contributed by atoms with E-state index < -0.39 is 24.5 Å². The molecule has 0 saturated carbocycles. The largest absolute Gasteiger partial charge is 0.480 e. The normalized spacial score (nSPS) is 15.3. The van der Waals surface area contributed by atoms with Crippen molar-refractivity contribution in [3.05, 3.63) is 28.2 Å². The maximum atomic E-state index is 12.0. The average molecular weight is 303 g/mol. The zero-order chi connectivity index (χ0) is 14.2. The van der Waals surface area contributed by atoms with Crippen LogP contribution in [0.3, 0.4) is 0 Å². The molecule has 100 valence electrons. The minimum atomic E-state index is -1.19. The van der Waals surface area contributed by atoms with Crippen LogP contribution in [0.15, 0.2) is 18.2 Å². The third-order valence-electron chi connectivity index (χ3n) is 2.51. The first kappa shape index (κ1) is 13.6. The lowest BCUT2D eigenvalue weighted by Gasteiger charge is -2.16. The summed E-state index contributed by atoms with van der Waals surface area (Å²) in [5, 5.41) is 9.16. The van der Waals surface area contributed by atoms with E-state index in [2.05, 4.69) is 0 Å². The Morgan fingerprint density at radius 2 is 2.00 bits per heavy atom. The monoisotopic (exact) mass is 302 g/mol. The Kier molecular flexibility index (Phi) is 3.64. The minimum Gasteiger partial charge on any atom is -0.480 e. The second-order valence-corrected chi connectivity index (χ2v) is 4.70. The van der Waals surface area contributed by atoms with E-state index in [-0.39, 0.29) is 17.3 Å². The molecule has 8 heteroatoms. The SMILES string of the molecule is O=C(O)CN1CC(=O)N(c2cc(Cl)ccc2Cl)C1=O. The number of nitrogens with zero attached hydrogens (tertiary/aromatic N) is 2. The van der Waals surface area contributed by atoms with E-state index in [1.165, 1.54) is 18.2 Å². The average Bonchev–Trinajstić information content (AvgIpc) is 2.57. The number of aliphatic carboxylic acids is 1. The lowest BCUT2D eigenvalue weighted by molar-refractivity contribution is -0.137. The summed E-state index contributed by atoms with van der Waals surface area (Å²) in [5.74, 6) is -1.74. The van der Waals surface area contributed by atoms with Crippen LogP contribution in [-0.4, -0.2) is 41.0 Å². The number of carboxylic acids is 1. The fraction of sp³-hybridized carbons (Fsp3) is 0.182. The molecule has 6 nitrogen and oxygen atoms in total. The van der Waals surface area contributed by atoms with Crippen LogP contribution >= 0.6 is 23.2 Å². The van der Waals surface area contributed by atoms with Gasteiger partial charge in [0.1, 0.15) is 13.1 Å². The molecule has 1 heterocycles. The Morgan fingerprint density at radius 1 is 1.32 bits per heavy atom. The smallest absolute Gasteiger partial charge is 0.332 e. The Labute approximate surface area is 118 Å². The molecule has 1 aromatic rings. The number of anilines is 1. The molecule has 0 spiro atoms. The van der Waals surface area contributed by atoms with Gasteiger partial charge in [-0.05, 0) is 18.2 Å². The van der Waals surface area contributed by atoms with Crippen LogP contribution in [0.1, 0.15) is 0 Å². The molecule has 0 atom stereocenters. The summed E-state index contributed by atoms with van der Waals surface area (Å²) in [6.45, 7) is -0.840. The number of hydrogen-bond acceptors (Lipinski definition) is 3. The number of halogens is 2. The van der Waals surface area contributed by atoms with Crippen LogP contribution in [-0.2, 0) is 9.59 Å². The molecule has 0 aliphatic carbocycles. The molecule has 1 N–H and O–H groups in total. The van der Waals surface area contributed by atoms with Crippen LogP contribution in [0.4, 0.5) is 10.5 Å². The highest BCUT2D eigenvalue weighted by atomic mass is 35.5. The van der Waals surface area contributed by atoms with Crippen molar-refractivity contribution in [2.75, 3.05) is 18.0 Å². The molecule has 0 unspecified atom stereocenters. The van der Waals surface area contributed by atoms with Crippen molar-refractivity contribution < 1.29 is 19.5 Å². The Morgan fingerprint density at radius 3 is 2.63 bits per heavy atom. The van der Waals surface area contributed by atoms with Crippen LogP contribution < -0.4 is 4.90 Å². The molecule has 1 fully saturated rings. The maximum absolute atomic E-state index is 12.0. The number of imide groups is 1. The second-order valence-electron chi connectivity index (χ2n) is 3.86. The van der Waals surface area contributed by atoms with E-state index in [4.69, 9.17) is 28.3 Å². The number of carbonyl (C=O) groups excluding carboxylic acids is 2. The lowest BCUT2D eigenvalue weighted by Crippen LogP contribution is -2.35. The summed E-state index contributed by atoms with van der Waals surface area (Å²) in [7, 11) is 0. The number of carboxylic acid groups (broad SMARTS) is 1. The Balaban J connectivity index is 2.35. The highest BCUT2D eigenvalue weighted by Crippen LogP contribution is 2.31. The molecule has 0 radical (unpaired) electrons. The summed E-state index contributed by atoms with van der Waals surface area (Å²) in [6.07, 6.45) is 0. The van der Waals surface area contributed by atoms with Gasteiger partial charge < -0.3 is 10.0 Å². The zero-order valence-corrected chi connectivity index (χ0v) is 11.0. The van der Waals surface area contributed by atoms with Gasteiger partial charge in [0, 0.05) is 5.02 Å². The van der Waals surface area contributed by atoms with Crippen molar-refractivity contribution >= 4 is 46.8 Å². The topological polar surface area (TPSA) is 77.9 Å². The molecule has 0 bridgehead atoms. The quantitative estimate of drug-likeness (QED) is 0.864. The van der Waals surface area contributed by atoms with Crippen molar-refractivity contribution in [3.63, 3.8) is 0 Å². The maximum Gasteiger partial charge on any atom is 0.332 e. The predicted molar refractivity (Wildman–Crippen MR) is 68.6 cm³/mol. The first-order valence-corrected chi connectivity index (χ1v) is 5.94. The number of hydrogen-bond donors (Lipinski definition) is 1. The molecule has 19 heavy (non-hydrogen) atoms. The van der Waals surface area contributed by atoms with Gasteiger partial charge in [0.25, 0.3) is 5.91 Å². The lowest BCUT2D eigenvalue weighted by atomic mass is 10.3. The summed E-state index contributed by atoms with van der Waals surface area (Å²) in [4.78, 5) is 36.1. The first-order valence-electron chi connectivity index (χ1n) is 5.19. The summed E-state index contributed by atoms with van der Waals surface area (Å²) in [6, 6.07) is 3.63. The van der Waals surface area contributed by atoms with Gasteiger partial charge in [0.15, 0.2) is 0 Å². The molecule has 1 aromatic carbocycles. The van der Waals surface area contributed by atoms with Crippen molar-refractivity contribution in [2.45, 2.75) is 0 Å². The van der Waals surface area contributed by atoms with E-state index in [0.717, 1.165) is 9.80 Å². The van der Waals surface area contributed by atoms with Gasteiger partial charge in [-0.25, -0.2) is 9.69 Å². The van der Waals surface area contributed by atoms with E-state index >= 15 is 0 Å². The van der Waals surface area contributed by atoms with Crippen molar-refractivity contribution in [3.8, 4) is 0 Å². The molecular weight excluding hydrogens is 295 g/mol. The van der Waals surface area contributed by atoms with Gasteiger partial charge in [0.05, 0.1) is 10.7 Å². The number of urea groups is 1. The van der Waals surface area contributed by atoms with Crippen LogP contribution in [0.25, 0.3) is 0 Å². The molecular formula is C11H8Cl2N2O4. The van der Waals surface area contributed by atoms with E-state index in [1.54, 1.807) is 0 Å². The van der Waals surface area contributed by atoms with Crippen molar-refractivity contribution in [1.82, 2.24) is 4.90 Å². The van der Waals surface area contributed by atoms with Gasteiger partial charge in [-0.2, -0.15) is 0 Å². The highest BCUT2D eigenvalue weighted by Gasteiger charge is 2.38.